The molecule has 94 valence electrons. The second kappa shape index (κ2) is 5.46. The number of ether oxygens (including phenoxy) is 1. The molecule has 17 heavy (non-hydrogen) atoms. The van der Waals surface area contributed by atoms with Crippen molar-refractivity contribution < 1.29 is 22.3 Å². The Balaban J connectivity index is 2.87. The minimum Gasteiger partial charge on any atom is -0.468 e. The van der Waals surface area contributed by atoms with E-state index in [0.29, 0.717) is 4.47 Å². The molecule has 0 aliphatic rings. The first-order valence-corrected chi connectivity index (χ1v) is 6.81. The summed E-state index contributed by atoms with van der Waals surface area (Å²) in [5.41, 5.74) is -0.225. The maximum absolute atomic E-state index is 13.3. The molecule has 0 amide bonds. The zero-order chi connectivity index (χ0) is 13.1. The van der Waals surface area contributed by atoms with Gasteiger partial charge in [-0.1, -0.05) is 15.9 Å². The molecule has 0 spiro atoms. The average Bonchev–Trinajstić information content (AvgIpc) is 2.21. The summed E-state index contributed by atoms with van der Waals surface area (Å²) >= 11 is 3.04. The molecule has 0 saturated carbocycles. The number of halogens is 2. The van der Waals surface area contributed by atoms with Crippen molar-refractivity contribution in [1.29, 1.82) is 0 Å². The van der Waals surface area contributed by atoms with E-state index in [-0.39, 0.29) is 5.69 Å². The highest BCUT2D eigenvalue weighted by Crippen LogP contribution is 2.20. The fourth-order valence-electron chi connectivity index (χ4n) is 0.990. The maximum atomic E-state index is 13.3. The van der Waals surface area contributed by atoms with Crippen LogP contribution in [0.15, 0.2) is 22.7 Å². The van der Waals surface area contributed by atoms with Gasteiger partial charge in [0.25, 0.3) is 0 Å². The van der Waals surface area contributed by atoms with Gasteiger partial charge in [-0.15, -0.1) is 0 Å². The largest absolute Gasteiger partial charge is 0.468 e. The summed E-state index contributed by atoms with van der Waals surface area (Å²) in [6.45, 7) is 0. The number of methoxy groups -OCH3 is 1. The molecule has 1 N–H and O–H groups in total. The highest BCUT2D eigenvalue weighted by Gasteiger charge is 2.18. The Morgan fingerprint density at radius 3 is 2.71 bits per heavy atom. The van der Waals surface area contributed by atoms with E-state index in [1.807, 2.05) is 4.72 Å². The summed E-state index contributed by atoms with van der Waals surface area (Å²) in [5, 5.41) is 0. The van der Waals surface area contributed by atoms with E-state index in [9.17, 15) is 17.6 Å². The molecule has 0 bridgehead atoms. The van der Waals surface area contributed by atoms with Gasteiger partial charge in [-0.3, -0.25) is 9.52 Å². The van der Waals surface area contributed by atoms with Crippen LogP contribution in [-0.2, 0) is 19.6 Å². The number of carbonyl (C=O) groups excluding carboxylic acids is 1. The molecule has 0 unspecified atom stereocenters. The van der Waals surface area contributed by atoms with Crippen LogP contribution in [0.3, 0.4) is 0 Å². The van der Waals surface area contributed by atoms with Crippen molar-refractivity contribution in [2.24, 2.45) is 0 Å². The van der Waals surface area contributed by atoms with E-state index in [2.05, 4.69) is 20.7 Å². The van der Waals surface area contributed by atoms with Gasteiger partial charge >= 0.3 is 5.97 Å². The Morgan fingerprint density at radius 2 is 2.18 bits per heavy atom. The molecular formula is C9H9BrFNO4S. The second-order valence-electron chi connectivity index (χ2n) is 3.06. The molecule has 1 aromatic rings. The number of sulfonamides is 1. The Labute approximate surface area is 106 Å². The predicted octanol–water partition coefficient (Wildman–Crippen LogP) is 1.50. The minimum absolute atomic E-state index is 0.225. The van der Waals surface area contributed by atoms with Crippen LogP contribution in [0.2, 0.25) is 0 Å². The number of anilines is 1. The molecule has 0 aliphatic heterocycles. The van der Waals surface area contributed by atoms with Crippen LogP contribution in [0.4, 0.5) is 10.1 Å². The predicted molar refractivity (Wildman–Crippen MR) is 63.5 cm³/mol. The number of nitrogens with one attached hydrogen (secondary N) is 1. The lowest BCUT2D eigenvalue weighted by Gasteiger charge is -2.08. The third-order valence-corrected chi connectivity index (χ3v) is 3.37. The quantitative estimate of drug-likeness (QED) is 0.851. The van der Waals surface area contributed by atoms with Crippen LogP contribution in [0.25, 0.3) is 0 Å². The van der Waals surface area contributed by atoms with Crippen LogP contribution < -0.4 is 4.72 Å². The van der Waals surface area contributed by atoms with Crippen molar-refractivity contribution in [2.75, 3.05) is 17.6 Å². The lowest BCUT2D eigenvalue weighted by atomic mass is 10.3. The molecule has 0 saturated heterocycles. The standard InChI is InChI=1S/C9H9BrFNO4S/c1-16-9(13)5-17(14,15)12-8-3-2-6(10)4-7(8)11/h2-4,12H,5H2,1H3. The van der Waals surface area contributed by atoms with Crippen molar-refractivity contribution in [3.05, 3.63) is 28.5 Å². The van der Waals surface area contributed by atoms with Crippen molar-refractivity contribution in [2.45, 2.75) is 0 Å². The number of hydrogen-bond donors (Lipinski definition) is 1. The Morgan fingerprint density at radius 1 is 1.53 bits per heavy atom. The number of esters is 1. The average molecular weight is 326 g/mol. The molecule has 1 rings (SSSR count). The fraction of sp³-hybridized carbons (Fsp3) is 0.222. The molecule has 0 fully saturated rings. The second-order valence-corrected chi connectivity index (χ2v) is 5.70. The summed E-state index contributed by atoms with van der Waals surface area (Å²) < 4.78 is 42.8. The van der Waals surface area contributed by atoms with Crippen molar-refractivity contribution in [3.63, 3.8) is 0 Å². The number of benzene rings is 1. The lowest BCUT2D eigenvalue weighted by molar-refractivity contribution is -0.137. The first-order chi connectivity index (χ1) is 7.84. The van der Waals surface area contributed by atoms with Crippen LogP contribution in [-0.4, -0.2) is 27.2 Å². The SMILES string of the molecule is COC(=O)CS(=O)(=O)Nc1ccc(Br)cc1F. The summed E-state index contributed by atoms with van der Waals surface area (Å²) in [5.74, 6) is -2.53. The molecule has 0 radical (unpaired) electrons. The van der Waals surface area contributed by atoms with Gasteiger partial charge in [0, 0.05) is 4.47 Å². The topological polar surface area (TPSA) is 72.5 Å². The van der Waals surface area contributed by atoms with E-state index in [4.69, 9.17) is 0 Å². The van der Waals surface area contributed by atoms with Crippen molar-refractivity contribution in [1.82, 2.24) is 0 Å². The lowest BCUT2D eigenvalue weighted by Crippen LogP contribution is -2.24. The van der Waals surface area contributed by atoms with Gasteiger partial charge in [-0.05, 0) is 18.2 Å². The van der Waals surface area contributed by atoms with E-state index in [1.54, 1.807) is 0 Å². The molecule has 0 atom stereocenters. The summed E-state index contributed by atoms with van der Waals surface area (Å²) in [7, 11) is -2.89. The molecule has 0 aromatic heterocycles. The minimum atomic E-state index is -3.96. The molecule has 1 aromatic carbocycles. The summed E-state index contributed by atoms with van der Waals surface area (Å²) in [4.78, 5) is 10.8. The third-order valence-electron chi connectivity index (χ3n) is 1.73. The van der Waals surface area contributed by atoms with Crippen LogP contribution in [0.5, 0.6) is 0 Å². The summed E-state index contributed by atoms with van der Waals surface area (Å²) in [6, 6.07) is 3.82. The monoisotopic (exact) mass is 325 g/mol. The van der Waals surface area contributed by atoms with Crippen LogP contribution >= 0.6 is 15.9 Å². The maximum Gasteiger partial charge on any atom is 0.322 e. The van der Waals surface area contributed by atoms with E-state index in [0.717, 1.165) is 13.2 Å². The van der Waals surface area contributed by atoms with Gasteiger partial charge in [0.2, 0.25) is 10.0 Å². The highest BCUT2D eigenvalue weighted by atomic mass is 79.9. The number of carbonyl (C=O) groups is 1. The Hall–Kier alpha value is -1.15. The number of hydrogen-bond acceptors (Lipinski definition) is 4. The Bertz CT molecular complexity index is 532. The van der Waals surface area contributed by atoms with Gasteiger partial charge < -0.3 is 4.74 Å². The first kappa shape index (κ1) is 13.9. The van der Waals surface area contributed by atoms with Crippen LogP contribution in [0.1, 0.15) is 0 Å². The van der Waals surface area contributed by atoms with E-state index >= 15 is 0 Å². The Kier molecular flexibility index (Phi) is 4.47. The van der Waals surface area contributed by atoms with Gasteiger partial charge in [-0.2, -0.15) is 0 Å². The van der Waals surface area contributed by atoms with Crippen LogP contribution in [0, 0.1) is 5.82 Å². The molecular weight excluding hydrogens is 317 g/mol. The van der Waals surface area contributed by atoms with Crippen molar-refractivity contribution >= 4 is 37.6 Å². The fourth-order valence-corrected chi connectivity index (χ4v) is 2.32. The molecule has 0 aliphatic carbocycles. The zero-order valence-corrected chi connectivity index (χ0v) is 11.1. The normalized spacial score (nSPS) is 11.0. The zero-order valence-electron chi connectivity index (χ0n) is 8.74. The molecule has 5 nitrogen and oxygen atoms in total. The third kappa shape index (κ3) is 4.31. The highest BCUT2D eigenvalue weighted by molar-refractivity contribution is 9.10. The van der Waals surface area contributed by atoms with E-state index in [1.165, 1.54) is 12.1 Å². The first-order valence-electron chi connectivity index (χ1n) is 4.36. The molecule has 0 heterocycles. The van der Waals surface area contributed by atoms with Gasteiger partial charge in [0.1, 0.15) is 5.82 Å². The van der Waals surface area contributed by atoms with Gasteiger partial charge in [0.05, 0.1) is 12.8 Å². The van der Waals surface area contributed by atoms with Crippen molar-refractivity contribution in [3.8, 4) is 0 Å². The number of rotatable bonds is 4. The van der Waals surface area contributed by atoms with E-state index < -0.39 is 27.6 Å². The summed E-state index contributed by atoms with van der Waals surface area (Å²) in [6.07, 6.45) is 0. The van der Waals surface area contributed by atoms with Gasteiger partial charge in [-0.25, -0.2) is 12.8 Å². The van der Waals surface area contributed by atoms with Gasteiger partial charge in [0.15, 0.2) is 5.75 Å². The molecule has 8 heteroatoms. The smallest absolute Gasteiger partial charge is 0.322 e.